The van der Waals surface area contributed by atoms with E-state index in [1.165, 1.54) is 12.1 Å². The highest BCUT2D eigenvalue weighted by Gasteiger charge is 2.14. The molecule has 0 aliphatic rings. The summed E-state index contributed by atoms with van der Waals surface area (Å²) in [4.78, 5) is 14.6. The van der Waals surface area contributed by atoms with Crippen molar-refractivity contribution in [2.24, 2.45) is 0 Å². The zero-order chi connectivity index (χ0) is 14.2. The maximum absolute atomic E-state index is 10.9. The van der Waals surface area contributed by atoms with Gasteiger partial charge in [0.15, 0.2) is 0 Å². The minimum absolute atomic E-state index is 0.0399. The van der Waals surface area contributed by atoms with E-state index >= 15 is 0 Å². The number of hydrogen-bond acceptors (Lipinski definition) is 4. The average Bonchev–Trinajstić information content (AvgIpc) is 2.26. The number of aromatic nitrogens is 1. The van der Waals surface area contributed by atoms with Crippen molar-refractivity contribution in [3.8, 4) is 11.3 Å². The molecule has 0 bridgehead atoms. The van der Waals surface area contributed by atoms with E-state index in [-0.39, 0.29) is 11.5 Å². The summed E-state index contributed by atoms with van der Waals surface area (Å²) in [6.45, 7) is 5.94. The van der Waals surface area contributed by atoms with Crippen LogP contribution in [0.4, 0.5) is 11.5 Å². The Morgan fingerprint density at radius 2 is 1.68 bits per heavy atom. The number of rotatable bonds is 2. The van der Waals surface area contributed by atoms with Crippen molar-refractivity contribution in [2.75, 3.05) is 5.73 Å². The summed E-state index contributed by atoms with van der Waals surface area (Å²) in [5, 5.41) is 10.9. The summed E-state index contributed by atoms with van der Waals surface area (Å²) in [6.07, 6.45) is 0. The van der Waals surface area contributed by atoms with E-state index in [9.17, 15) is 10.1 Å². The molecule has 2 rings (SSSR count). The summed E-state index contributed by atoms with van der Waals surface area (Å²) in [5.74, 6) is 0.156. The molecule has 0 radical (unpaired) electrons. The van der Waals surface area contributed by atoms with Crippen molar-refractivity contribution in [2.45, 2.75) is 20.8 Å². The first kappa shape index (κ1) is 13.0. The van der Waals surface area contributed by atoms with Gasteiger partial charge >= 0.3 is 0 Å². The number of anilines is 1. The SMILES string of the molecule is Cc1cc(C)c(-c2cc([N+](=O)[O-])cc(N)n2)c(C)c1. The lowest BCUT2D eigenvalue weighted by molar-refractivity contribution is -0.384. The highest BCUT2D eigenvalue weighted by atomic mass is 16.6. The Kier molecular flexibility index (Phi) is 3.21. The van der Waals surface area contributed by atoms with Crippen molar-refractivity contribution >= 4 is 11.5 Å². The van der Waals surface area contributed by atoms with Crippen LogP contribution in [0.5, 0.6) is 0 Å². The van der Waals surface area contributed by atoms with Gasteiger partial charge in [0.05, 0.1) is 16.7 Å². The quantitative estimate of drug-likeness (QED) is 0.661. The van der Waals surface area contributed by atoms with Gasteiger partial charge in [-0.05, 0) is 31.9 Å². The number of nitrogens with zero attached hydrogens (tertiary/aromatic N) is 2. The van der Waals surface area contributed by atoms with E-state index in [0.29, 0.717) is 5.69 Å². The molecule has 5 heteroatoms. The van der Waals surface area contributed by atoms with Crippen LogP contribution >= 0.6 is 0 Å². The molecule has 1 heterocycles. The predicted octanol–water partition coefficient (Wildman–Crippen LogP) is 3.16. The first-order chi connectivity index (χ1) is 8.88. The molecule has 0 amide bonds. The average molecular weight is 257 g/mol. The van der Waals surface area contributed by atoms with Crippen molar-refractivity contribution in [1.29, 1.82) is 0 Å². The second-order valence-corrected chi connectivity index (χ2v) is 4.67. The van der Waals surface area contributed by atoms with Crippen molar-refractivity contribution in [3.05, 3.63) is 51.1 Å². The minimum atomic E-state index is -0.458. The number of nitrogen functional groups attached to an aromatic ring is 1. The van der Waals surface area contributed by atoms with Gasteiger partial charge in [-0.25, -0.2) is 4.98 Å². The van der Waals surface area contributed by atoms with E-state index in [0.717, 1.165) is 22.3 Å². The third-order valence-corrected chi connectivity index (χ3v) is 2.97. The zero-order valence-electron chi connectivity index (χ0n) is 11.1. The molecule has 0 atom stereocenters. The Hall–Kier alpha value is -2.43. The van der Waals surface area contributed by atoms with Crippen LogP contribution in [0.15, 0.2) is 24.3 Å². The third kappa shape index (κ3) is 2.54. The molecule has 2 aromatic rings. The zero-order valence-corrected chi connectivity index (χ0v) is 11.1. The van der Waals surface area contributed by atoms with Crippen molar-refractivity contribution in [3.63, 3.8) is 0 Å². The fourth-order valence-electron chi connectivity index (χ4n) is 2.35. The fourth-order valence-corrected chi connectivity index (χ4v) is 2.35. The van der Waals surface area contributed by atoms with E-state index in [2.05, 4.69) is 4.98 Å². The third-order valence-electron chi connectivity index (χ3n) is 2.97. The van der Waals surface area contributed by atoms with Gasteiger partial charge in [0.2, 0.25) is 0 Å². The van der Waals surface area contributed by atoms with Gasteiger partial charge in [-0.2, -0.15) is 0 Å². The smallest absolute Gasteiger partial charge is 0.275 e. The van der Waals surface area contributed by atoms with Crippen LogP contribution in [0.1, 0.15) is 16.7 Å². The summed E-state index contributed by atoms with van der Waals surface area (Å²) in [5.41, 5.74) is 10.3. The number of pyridine rings is 1. The lowest BCUT2D eigenvalue weighted by atomic mass is 9.97. The predicted molar refractivity (Wildman–Crippen MR) is 75.0 cm³/mol. The summed E-state index contributed by atoms with van der Waals surface area (Å²) >= 11 is 0. The van der Waals surface area contributed by atoms with Gasteiger partial charge < -0.3 is 5.73 Å². The molecule has 19 heavy (non-hydrogen) atoms. The topological polar surface area (TPSA) is 82.0 Å². The maximum atomic E-state index is 10.9. The summed E-state index contributed by atoms with van der Waals surface area (Å²) in [7, 11) is 0. The van der Waals surface area contributed by atoms with Crippen LogP contribution in [0.3, 0.4) is 0 Å². The largest absolute Gasteiger partial charge is 0.383 e. The monoisotopic (exact) mass is 257 g/mol. The molecule has 98 valence electrons. The highest BCUT2D eigenvalue weighted by molar-refractivity contribution is 5.71. The number of aryl methyl sites for hydroxylation is 3. The molecule has 1 aromatic heterocycles. The molecule has 0 spiro atoms. The Labute approximate surface area is 111 Å². The van der Waals surface area contributed by atoms with Crippen molar-refractivity contribution < 1.29 is 4.92 Å². The van der Waals surface area contributed by atoms with Gasteiger partial charge in [0, 0.05) is 11.6 Å². The van der Waals surface area contributed by atoms with Crippen LogP contribution in [0, 0.1) is 30.9 Å². The number of nitrogens with two attached hydrogens (primary N) is 1. The van der Waals surface area contributed by atoms with Gasteiger partial charge in [-0.3, -0.25) is 10.1 Å². The van der Waals surface area contributed by atoms with E-state index in [1.54, 1.807) is 0 Å². The Bertz CT molecular complexity index is 643. The van der Waals surface area contributed by atoms with Crippen LogP contribution in [0.25, 0.3) is 11.3 Å². The minimum Gasteiger partial charge on any atom is -0.383 e. The first-order valence-corrected chi connectivity index (χ1v) is 5.88. The lowest BCUT2D eigenvalue weighted by Crippen LogP contribution is -1.99. The van der Waals surface area contributed by atoms with Crippen LogP contribution in [-0.4, -0.2) is 9.91 Å². The maximum Gasteiger partial charge on any atom is 0.275 e. The molecule has 0 saturated carbocycles. The van der Waals surface area contributed by atoms with E-state index in [4.69, 9.17) is 5.73 Å². The Balaban J connectivity index is 2.69. The highest BCUT2D eigenvalue weighted by Crippen LogP contribution is 2.30. The van der Waals surface area contributed by atoms with Gasteiger partial charge in [-0.15, -0.1) is 0 Å². The standard InChI is InChI=1S/C14H15N3O2/c1-8-4-9(2)14(10(3)5-8)12-6-11(17(18)19)7-13(15)16-12/h4-7H,1-3H3,(H2,15,16). The molecule has 0 saturated heterocycles. The van der Waals surface area contributed by atoms with Crippen molar-refractivity contribution in [1.82, 2.24) is 4.98 Å². The summed E-state index contributed by atoms with van der Waals surface area (Å²) in [6, 6.07) is 6.78. The summed E-state index contributed by atoms with van der Waals surface area (Å²) < 4.78 is 0. The van der Waals surface area contributed by atoms with Gasteiger partial charge in [0.1, 0.15) is 5.82 Å². The Morgan fingerprint density at radius 1 is 1.11 bits per heavy atom. The fraction of sp³-hybridized carbons (Fsp3) is 0.214. The lowest BCUT2D eigenvalue weighted by Gasteiger charge is -2.11. The van der Waals surface area contributed by atoms with Crippen LogP contribution in [0.2, 0.25) is 0 Å². The molecule has 0 aliphatic heterocycles. The van der Waals surface area contributed by atoms with Gasteiger partial charge in [0.25, 0.3) is 5.69 Å². The normalized spacial score (nSPS) is 10.5. The number of benzene rings is 1. The van der Waals surface area contributed by atoms with Crippen LogP contribution in [-0.2, 0) is 0 Å². The molecule has 2 N–H and O–H groups in total. The van der Waals surface area contributed by atoms with Gasteiger partial charge in [-0.1, -0.05) is 17.7 Å². The molecule has 0 unspecified atom stereocenters. The van der Waals surface area contributed by atoms with E-state index in [1.807, 2.05) is 32.9 Å². The Morgan fingerprint density at radius 3 is 2.21 bits per heavy atom. The van der Waals surface area contributed by atoms with E-state index < -0.39 is 4.92 Å². The first-order valence-electron chi connectivity index (χ1n) is 5.88. The number of nitro groups is 1. The second-order valence-electron chi connectivity index (χ2n) is 4.67. The van der Waals surface area contributed by atoms with Crippen LogP contribution < -0.4 is 5.73 Å². The molecule has 1 aromatic carbocycles. The molecule has 5 nitrogen and oxygen atoms in total. The second kappa shape index (κ2) is 4.68. The molecule has 0 fully saturated rings. The number of hydrogen-bond donors (Lipinski definition) is 1. The molecule has 0 aliphatic carbocycles. The molecular weight excluding hydrogens is 242 g/mol. The molecular formula is C14H15N3O2.